The van der Waals surface area contributed by atoms with Crippen molar-refractivity contribution in [1.29, 1.82) is 0 Å². The highest BCUT2D eigenvalue weighted by atomic mass is 32.2. The summed E-state index contributed by atoms with van der Waals surface area (Å²) in [5.74, 6) is 0.707. The van der Waals surface area contributed by atoms with Crippen LogP contribution >= 0.6 is 0 Å². The third kappa shape index (κ3) is 3.28. The van der Waals surface area contributed by atoms with Gasteiger partial charge in [-0.25, -0.2) is 23.1 Å². The van der Waals surface area contributed by atoms with Crippen LogP contribution in [0.1, 0.15) is 12.8 Å². The van der Waals surface area contributed by atoms with Gasteiger partial charge in [0, 0.05) is 55.1 Å². The molecule has 2 aliphatic rings. The Hall–Kier alpha value is -3.67. The van der Waals surface area contributed by atoms with Gasteiger partial charge >= 0.3 is 0 Å². The minimum Gasteiger partial charge on any atom is -0.479 e. The van der Waals surface area contributed by atoms with E-state index in [4.69, 9.17) is 4.74 Å². The molecule has 0 aromatic carbocycles. The summed E-state index contributed by atoms with van der Waals surface area (Å²) in [5.41, 5.74) is 2.38. The molecular formula is C21H22N8O3S. The van der Waals surface area contributed by atoms with Gasteiger partial charge in [0.15, 0.2) is 5.82 Å². The second-order valence-electron chi connectivity index (χ2n) is 8.67. The van der Waals surface area contributed by atoms with Gasteiger partial charge in [0.25, 0.3) is 10.0 Å². The lowest BCUT2D eigenvalue weighted by Crippen LogP contribution is -2.48. The first-order chi connectivity index (χ1) is 15.9. The molecule has 5 heterocycles. The van der Waals surface area contributed by atoms with Crippen molar-refractivity contribution in [3.05, 3.63) is 43.1 Å². The molecule has 0 radical (unpaired) electrons. The number of sulfonamides is 1. The summed E-state index contributed by atoms with van der Waals surface area (Å²) < 4.78 is 37.3. The number of anilines is 2. The molecule has 1 spiro atoms. The van der Waals surface area contributed by atoms with Gasteiger partial charge in [0.1, 0.15) is 10.6 Å². The lowest BCUT2D eigenvalue weighted by atomic mass is 9.96. The number of hydrogen-bond acceptors (Lipinski definition) is 8. The first-order valence-corrected chi connectivity index (χ1v) is 12.0. The quantitative estimate of drug-likeness (QED) is 0.458. The summed E-state index contributed by atoms with van der Waals surface area (Å²) in [7, 11) is -0.825. The maximum atomic E-state index is 13.2. The number of methoxy groups -OCH3 is 1. The average Bonchev–Trinajstić information content (AvgIpc) is 3.26. The van der Waals surface area contributed by atoms with Crippen LogP contribution in [0.25, 0.3) is 16.7 Å². The van der Waals surface area contributed by atoms with Crippen LogP contribution in [0.2, 0.25) is 0 Å². The average molecular weight is 467 g/mol. The summed E-state index contributed by atoms with van der Waals surface area (Å²) in [6, 6.07) is 3.89. The van der Waals surface area contributed by atoms with E-state index >= 15 is 0 Å². The van der Waals surface area contributed by atoms with Gasteiger partial charge in [-0.3, -0.25) is 9.40 Å². The summed E-state index contributed by atoms with van der Waals surface area (Å²) in [6.07, 6.45) is 10.3. The number of ether oxygens (including phenoxy) is 1. The fraction of sp³-hybridized carbons (Fsp3) is 0.333. The molecule has 1 saturated heterocycles. The molecule has 1 aliphatic heterocycles. The molecule has 6 rings (SSSR count). The lowest BCUT2D eigenvalue weighted by Gasteiger charge is -2.41. The summed E-state index contributed by atoms with van der Waals surface area (Å²) >= 11 is 0. The molecule has 0 atom stereocenters. The molecule has 2 fully saturated rings. The highest BCUT2D eigenvalue weighted by molar-refractivity contribution is 7.92. The highest BCUT2D eigenvalue weighted by Gasteiger charge is 2.52. The van der Waals surface area contributed by atoms with E-state index in [1.807, 2.05) is 12.1 Å². The van der Waals surface area contributed by atoms with E-state index in [0.717, 1.165) is 18.8 Å². The molecule has 1 N–H and O–H groups in total. The van der Waals surface area contributed by atoms with E-state index in [9.17, 15) is 8.42 Å². The predicted molar refractivity (Wildman–Crippen MR) is 121 cm³/mol. The topological polar surface area (TPSA) is 120 Å². The molecule has 12 heteroatoms. The van der Waals surface area contributed by atoms with Crippen LogP contribution in [0, 0.1) is 5.41 Å². The van der Waals surface area contributed by atoms with Crippen molar-refractivity contribution in [2.24, 2.45) is 12.5 Å². The van der Waals surface area contributed by atoms with Gasteiger partial charge in [-0.2, -0.15) is 10.2 Å². The molecule has 0 amide bonds. The second kappa shape index (κ2) is 6.91. The summed E-state index contributed by atoms with van der Waals surface area (Å²) in [4.78, 5) is 10.9. The molecule has 1 aliphatic carbocycles. The number of aromatic nitrogens is 6. The molecule has 33 heavy (non-hydrogen) atoms. The van der Waals surface area contributed by atoms with Gasteiger partial charge < -0.3 is 9.64 Å². The first kappa shape index (κ1) is 20.0. The van der Waals surface area contributed by atoms with Crippen molar-refractivity contribution in [2.45, 2.75) is 17.7 Å². The summed E-state index contributed by atoms with van der Waals surface area (Å²) in [6.45, 7) is 2.13. The number of nitrogens with one attached hydrogen (secondary N) is 1. The van der Waals surface area contributed by atoms with E-state index < -0.39 is 10.0 Å². The van der Waals surface area contributed by atoms with Gasteiger partial charge in [-0.1, -0.05) is 0 Å². The Bertz CT molecular complexity index is 1480. The van der Waals surface area contributed by atoms with Gasteiger partial charge in [0.05, 0.1) is 31.2 Å². The molecular weight excluding hydrogens is 444 g/mol. The van der Waals surface area contributed by atoms with E-state index in [0.29, 0.717) is 22.1 Å². The van der Waals surface area contributed by atoms with Crippen molar-refractivity contribution in [1.82, 2.24) is 29.5 Å². The maximum Gasteiger partial charge on any atom is 0.265 e. The number of aryl methyl sites for hydroxylation is 1. The monoisotopic (exact) mass is 466 g/mol. The SMILES string of the molecule is COc1ncc2cnn(C)c2c1NS(=O)(=O)c1cnn(-c2cc(N3CC4(CC4)C3)ccn2)c1. The molecule has 1 saturated carbocycles. The molecule has 170 valence electrons. The highest BCUT2D eigenvalue weighted by Crippen LogP contribution is 2.53. The third-order valence-corrected chi connectivity index (χ3v) is 7.68. The van der Waals surface area contributed by atoms with Crippen LogP contribution in [0.15, 0.2) is 48.0 Å². The number of rotatable bonds is 6. The van der Waals surface area contributed by atoms with Gasteiger partial charge in [-0.05, 0) is 18.9 Å². The second-order valence-corrected chi connectivity index (χ2v) is 10.4. The van der Waals surface area contributed by atoms with E-state index in [1.165, 1.54) is 37.0 Å². The Morgan fingerprint density at radius 2 is 1.94 bits per heavy atom. The number of fused-ring (bicyclic) bond motifs is 1. The van der Waals surface area contributed by atoms with Crippen LogP contribution in [0.3, 0.4) is 0 Å². The Labute approximate surface area is 190 Å². The zero-order valence-electron chi connectivity index (χ0n) is 18.1. The molecule has 4 aromatic rings. The number of hydrogen-bond donors (Lipinski definition) is 1. The smallest absolute Gasteiger partial charge is 0.265 e. The number of nitrogens with zero attached hydrogens (tertiary/aromatic N) is 7. The van der Waals surface area contributed by atoms with Crippen molar-refractivity contribution in [2.75, 3.05) is 29.8 Å². The largest absolute Gasteiger partial charge is 0.479 e. The van der Waals surface area contributed by atoms with Crippen molar-refractivity contribution in [3.63, 3.8) is 0 Å². The minimum absolute atomic E-state index is 0.00295. The third-order valence-electron chi connectivity index (χ3n) is 6.38. The Kier molecular flexibility index (Phi) is 4.18. The molecule has 0 bridgehead atoms. The molecule has 0 unspecified atom stereocenters. The Balaban J connectivity index is 1.30. The van der Waals surface area contributed by atoms with E-state index in [2.05, 4.69) is 29.8 Å². The predicted octanol–water partition coefficient (Wildman–Crippen LogP) is 1.96. The molecule has 4 aromatic heterocycles. The van der Waals surface area contributed by atoms with Gasteiger partial charge in [0.2, 0.25) is 5.88 Å². The van der Waals surface area contributed by atoms with Crippen molar-refractivity contribution in [3.8, 4) is 11.7 Å². The first-order valence-electron chi connectivity index (χ1n) is 10.5. The van der Waals surface area contributed by atoms with Crippen LogP contribution in [-0.2, 0) is 17.1 Å². The van der Waals surface area contributed by atoms with Gasteiger partial charge in [-0.15, -0.1) is 0 Å². The Morgan fingerprint density at radius 1 is 1.12 bits per heavy atom. The molecule has 11 nitrogen and oxygen atoms in total. The normalized spacial score (nSPS) is 16.7. The Morgan fingerprint density at radius 3 is 2.70 bits per heavy atom. The fourth-order valence-electron chi connectivity index (χ4n) is 4.33. The van der Waals surface area contributed by atoms with Crippen LogP contribution in [-0.4, -0.2) is 58.1 Å². The zero-order chi connectivity index (χ0) is 22.8. The van der Waals surface area contributed by atoms with Crippen LogP contribution in [0.4, 0.5) is 11.4 Å². The summed E-state index contributed by atoms with van der Waals surface area (Å²) in [5, 5.41) is 9.11. The van der Waals surface area contributed by atoms with Crippen LogP contribution in [0.5, 0.6) is 5.88 Å². The zero-order valence-corrected chi connectivity index (χ0v) is 18.9. The van der Waals surface area contributed by atoms with Crippen molar-refractivity contribution >= 4 is 32.3 Å². The van der Waals surface area contributed by atoms with Crippen LogP contribution < -0.4 is 14.4 Å². The standard InChI is InChI=1S/C21H22N8O3S/c1-27-19-14(9-24-27)8-23-20(32-2)18(19)26-33(30,31)16-10-25-29(11-16)17-7-15(3-6-22-17)28-12-21(13-28)4-5-21/h3,6-11,26H,4-5,12-13H2,1-2H3. The number of pyridine rings is 2. The van der Waals surface area contributed by atoms with E-state index in [1.54, 1.807) is 30.3 Å². The van der Waals surface area contributed by atoms with E-state index in [-0.39, 0.29) is 16.5 Å². The lowest BCUT2D eigenvalue weighted by molar-refractivity contribution is 0.387. The fourth-order valence-corrected chi connectivity index (χ4v) is 5.32. The minimum atomic E-state index is -3.98. The van der Waals surface area contributed by atoms with Crippen molar-refractivity contribution < 1.29 is 13.2 Å². The maximum absolute atomic E-state index is 13.2.